The predicted octanol–water partition coefficient (Wildman–Crippen LogP) is -0.412. The maximum Gasteiger partial charge on any atom is 0.340 e. The topological polar surface area (TPSA) is 83.4 Å². The summed E-state index contributed by atoms with van der Waals surface area (Å²) in [6.45, 7) is 0. The van der Waals surface area contributed by atoms with Crippen molar-refractivity contribution in [2.24, 2.45) is 5.73 Å². The minimum Gasteiger partial charge on any atom is -0.478 e. The molecule has 58 valence electrons. The lowest BCUT2D eigenvalue weighted by Gasteiger charge is -2.03. The molecular weight excluding hydrogens is 148 g/mol. The average Bonchev–Trinajstić information content (AvgIpc) is 1.94. The van der Waals surface area contributed by atoms with Crippen LogP contribution >= 0.6 is 0 Å². The van der Waals surface area contributed by atoms with Crippen LogP contribution in [0.4, 0.5) is 0 Å². The molecule has 1 atom stereocenters. The van der Waals surface area contributed by atoms with Crippen LogP contribution in [0.15, 0.2) is 23.9 Å². The van der Waals surface area contributed by atoms with Crippen LogP contribution < -0.4 is 5.73 Å². The van der Waals surface area contributed by atoms with Crippen molar-refractivity contribution in [2.45, 2.75) is 6.17 Å². The second-order valence-electron chi connectivity index (χ2n) is 2.07. The molecule has 0 fully saturated rings. The number of rotatable bonds is 1. The van der Waals surface area contributed by atoms with E-state index in [0.717, 1.165) is 0 Å². The molecule has 0 saturated carbocycles. The van der Waals surface area contributed by atoms with Gasteiger partial charge in [-0.3, -0.25) is 5.73 Å². The minimum absolute atomic E-state index is 0.0949. The maximum atomic E-state index is 10.7. The van der Waals surface area contributed by atoms with Crippen LogP contribution in [0.5, 0.6) is 0 Å². The monoisotopic (exact) mass is 155 g/mol. The van der Waals surface area contributed by atoms with Gasteiger partial charge in [0.25, 0.3) is 6.17 Å². The van der Waals surface area contributed by atoms with Gasteiger partial charge < -0.3 is 5.11 Å². The molecule has 1 unspecified atom stereocenters. The predicted molar refractivity (Wildman–Crippen MR) is 36.5 cm³/mol. The summed E-state index contributed by atoms with van der Waals surface area (Å²) in [5, 5.41) is 8.48. The number of nitrogens with zero attached hydrogens (tertiary/aromatic N) is 1. The van der Waals surface area contributed by atoms with Crippen LogP contribution in [-0.2, 0) is 4.79 Å². The Hall–Kier alpha value is -1.49. The number of hydrogen-bond donors (Lipinski definition) is 2. The van der Waals surface area contributed by atoms with Crippen molar-refractivity contribution in [2.75, 3.05) is 0 Å². The summed E-state index contributed by atoms with van der Waals surface area (Å²) in [7, 11) is 0. The molecule has 0 amide bonds. The fraction of sp³-hybridized carbons (Fsp3) is 0.167. The second-order valence-corrected chi connectivity index (χ2v) is 2.07. The number of nitroso groups, excluding NO2 is 1. The van der Waals surface area contributed by atoms with Gasteiger partial charge in [-0.2, -0.15) is 0 Å². The van der Waals surface area contributed by atoms with Crippen LogP contribution in [0.1, 0.15) is 0 Å². The summed E-state index contributed by atoms with van der Waals surface area (Å²) in [6.07, 6.45) is 2.75. The first-order valence-corrected chi connectivity index (χ1v) is 2.95. The molecule has 0 aromatic heterocycles. The molecule has 0 aromatic carbocycles. The van der Waals surface area contributed by atoms with Gasteiger partial charge >= 0.3 is 5.97 Å². The summed E-state index contributed by atoms with van der Waals surface area (Å²) < 4.78 is 0.392. The van der Waals surface area contributed by atoms with E-state index in [9.17, 15) is 9.70 Å². The van der Waals surface area contributed by atoms with E-state index < -0.39 is 12.1 Å². The molecule has 0 radical (unpaired) electrons. The van der Waals surface area contributed by atoms with Crippen LogP contribution in [-0.4, -0.2) is 22.0 Å². The smallest absolute Gasteiger partial charge is 0.340 e. The Morgan fingerprint density at radius 3 is 2.82 bits per heavy atom. The Morgan fingerprint density at radius 2 is 2.36 bits per heavy atom. The van der Waals surface area contributed by atoms with Crippen molar-refractivity contribution in [1.29, 1.82) is 0 Å². The highest BCUT2D eigenvalue weighted by atomic mass is 16.4. The van der Waals surface area contributed by atoms with Crippen LogP contribution in [0.25, 0.3) is 0 Å². The van der Waals surface area contributed by atoms with Gasteiger partial charge in [0.2, 0.25) is 6.20 Å². The molecule has 0 saturated heterocycles. The Kier molecular flexibility index (Phi) is 1.82. The Balaban J connectivity index is 2.96. The number of hydrogen-bond acceptors (Lipinski definition) is 3. The third-order valence-corrected chi connectivity index (χ3v) is 1.35. The molecule has 5 heteroatoms. The number of aliphatic carboxylic acids is 1. The molecule has 1 aliphatic rings. The minimum atomic E-state index is -1.16. The van der Waals surface area contributed by atoms with Gasteiger partial charge in [0.15, 0.2) is 0 Å². The average molecular weight is 155 g/mol. The molecule has 0 spiro atoms. The molecule has 1 rings (SSSR count). The van der Waals surface area contributed by atoms with Gasteiger partial charge in [0.05, 0.1) is 4.76 Å². The highest BCUT2D eigenvalue weighted by Crippen LogP contribution is 2.07. The number of carboxylic acids is 1. The van der Waals surface area contributed by atoms with E-state index in [1.54, 1.807) is 0 Å². The van der Waals surface area contributed by atoms with Gasteiger partial charge in [-0.1, -0.05) is 0 Å². The highest BCUT2D eigenvalue weighted by molar-refractivity contribution is 5.88. The Labute approximate surface area is 62.4 Å². The van der Waals surface area contributed by atoms with Gasteiger partial charge in [-0.05, 0) is 6.08 Å². The summed E-state index contributed by atoms with van der Waals surface area (Å²) in [5.74, 6) is -1.16. The Bertz CT molecular complexity index is 267. The lowest BCUT2D eigenvalue weighted by Crippen LogP contribution is -2.36. The summed E-state index contributed by atoms with van der Waals surface area (Å²) in [6, 6.07) is 0. The fourth-order valence-electron chi connectivity index (χ4n) is 0.758. The zero-order chi connectivity index (χ0) is 8.43. The summed E-state index contributed by atoms with van der Waals surface area (Å²) in [5.41, 5.74) is 5.14. The lowest BCUT2D eigenvalue weighted by atomic mass is 10.1. The summed E-state index contributed by atoms with van der Waals surface area (Å²) >= 11 is 0. The molecule has 0 aliphatic carbocycles. The first-order chi connectivity index (χ1) is 5.13. The maximum absolute atomic E-state index is 10.7. The van der Waals surface area contributed by atoms with E-state index in [2.05, 4.69) is 0 Å². The van der Waals surface area contributed by atoms with E-state index in [1.165, 1.54) is 18.4 Å². The largest absolute Gasteiger partial charge is 0.478 e. The number of carboxylic acid groups (broad SMARTS) is 1. The van der Waals surface area contributed by atoms with Crippen molar-refractivity contribution in [3.63, 3.8) is 0 Å². The second kappa shape index (κ2) is 2.63. The van der Waals surface area contributed by atoms with Crippen LogP contribution in [0.3, 0.4) is 0 Å². The number of carbonyl (C=O) groups is 1. The number of nitrogens with two attached hydrogens (primary N) is 1. The first kappa shape index (κ1) is 7.62. The van der Waals surface area contributed by atoms with Crippen molar-refractivity contribution in [1.82, 2.24) is 0 Å². The molecule has 0 bridgehead atoms. The van der Waals surface area contributed by atoms with Crippen molar-refractivity contribution < 1.29 is 14.7 Å². The van der Waals surface area contributed by atoms with Crippen molar-refractivity contribution >= 4 is 5.97 Å². The zero-order valence-electron chi connectivity index (χ0n) is 5.60. The van der Waals surface area contributed by atoms with E-state index in [4.69, 9.17) is 10.8 Å². The molecular formula is C6H7N2O3+. The van der Waals surface area contributed by atoms with Crippen LogP contribution in [0.2, 0.25) is 0 Å². The van der Waals surface area contributed by atoms with Crippen molar-refractivity contribution in [3.05, 3.63) is 28.8 Å². The van der Waals surface area contributed by atoms with E-state index in [0.29, 0.717) is 4.76 Å². The van der Waals surface area contributed by atoms with E-state index in [-0.39, 0.29) is 5.57 Å². The van der Waals surface area contributed by atoms with Gasteiger partial charge in [0.1, 0.15) is 5.57 Å². The van der Waals surface area contributed by atoms with Crippen molar-refractivity contribution in [3.8, 4) is 0 Å². The lowest BCUT2D eigenvalue weighted by molar-refractivity contribution is -0.510. The fourth-order valence-corrected chi connectivity index (χ4v) is 0.758. The molecule has 5 nitrogen and oxygen atoms in total. The van der Waals surface area contributed by atoms with E-state index >= 15 is 0 Å². The Morgan fingerprint density at radius 1 is 1.73 bits per heavy atom. The first-order valence-electron chi connectivity index (χ1n) is 2.95. The highest BCUT2D eigenvalue weighted by Gasteiger charge is 2.30. The van der Waals surface area contributed by atoms with Gasteiger partial charge in [-0.25, -0.2) is 4.79 Å². The normalized spacial score (nSPS) is 23.2. The zero-order valence-corrected chi connectivity index (χ0v) is 5.60. The molecule has 0 aromatic rings. The standard InChI is InChI=1S/C6H6N2O3/c7-5-4(6(9)10)2-1-3-8(5)11/h1-3,5H,7H2/p+1. The molecule has 11 heavy (non-hydrogen) atoms. The summed E-state index contributed by atoms with van der Waals surface area (Å²) in [4.78, 5) is 21.1. The van der Waals surface area contributed by atoms with Crippen LogP contribution in [0, 0.1) is 4.91 Å². The van der Waals surface area contributed by atoms with Gasteiger partial charge in [-0.15, -0.1) is 0 Å². The third-order valence-electron chi connectivity index (χ3n) is 1.35. The third kappa shape index (κ3) is 1.32. The van der Waals surface area contributed by atoms with E-state index in [1.807, 2.05) is 0 Å². The molecule has 1 aliphatic heterocycles. The molecule has 1 heterocycles. The SMILES string of the molecule is NC1C(C(=O)O)=CC=C[N+]1=O. The molecule has 3 N–H and O–H groups in total. The number of allylic oxidation sites excluding steroid dienone is 2. The van der Waals surface area contributed by atoms with Gasteiger partial charge in [0, 0.05) is 11.0 Å². The quantitative estimate of drug-likeness (QED) is 0.504.